The summed E-state index contributed by atoms with van der Waals surface area (Å²) in [6.07, 6.45) is 13.6. The lowest BCUT2D eigenvalue weighted by molar-refractivity contribution is -0.241. The molecule has 0 saturated heterocycles. The molecule has 0 unspecified atom stereocenters. The van der Waals surface area contributed by atoms with Crippen LogP contribution in [0.1, 0.15) is 145 Å². The summed E-state index contributed by atoms with van der Waals surface area (Å²) in [7, 11) is 0. The molecule has 10 nitrogen and oxygen atoms in total. The Morgan fingerprint density at radius 1 is 1.00 bits per heavy atom. The molecule has 0 aliphatic heterocycles. The first kappa shape index (κ1) is 40.3. The molecule has 4 N–H and O–H groups in total. The summed E-state index contributed by atoms with van der Waals surface area (Å²) >= 11 is 0. The Kier molecular flexibility index (Phi) is 9.97. The molecule has 10 heteroatoms. The van der Waals surface area contributed by atoms with Gasteiger partial charge in [-0.25, -0.2) is 9.97 Å². The summed E-state index contributed by atoms with van der Waals surface area (Å²) in [5.41, 5.74) is 7.51. The van der Waals surface area contributed by atoms with Gasteiger partial charge in [-0.05, 0) is 129 Å². The number of carboxylic acids is 1. The van der Waals surface area contributed by atoms with Crippen LogP contribution in [0.4, 0.5) is 0 Å². The number of allylic oxidation sites excluding steroid dienone is 3. The van der Waals surface area contributed by atoms with E-state index >= 15 is 0 Å². The third-order valence-corrected chi connectivity index (χ3v) is 16.3. The van der Waals surface area contributed by atoms with Crippen molar-refractivity contribution >= 4 is 23.6 Å². The van der Waals surface area contributed by atoms with Crippen molar-refractivity contribution in [2.45, 2.75) is 151 Å². The van der Waals surface area contributed by atoms with Gasteiger partial charge in [0.1, 0.15) is 12.4 Å². The molecular weight excluding hydrogens is 681 g/mol. The molecule has 0 radical (unpaired) electrons. The topological polar surface area (TPSA) is 162 Å². The zero-order valence-electron chi connectivity index (χ0n) is 34.3. The van der Waals surface area contributed by atoms with Gasteiger partial charge < -0.3 is 20.9 Å². The molecule has 0 aromatic carbocycles. The van der Waals surface area contributed by atoms with E-state index in [-0.39, 0.29) is 52.2 Å². The lowest BCUT2D eigenvalue weighted by Gasteiger charge is -2.75. The molecule has 9 atom stereocenters. The van der Waals surface area contributed by atoms with Gasteiger partial charge in [0.15, 0.2) is 5.78 Å². The number of hydrogen-bond acceptors (Lipinski definition) is 8. The lowest BCUT2D eigenvalue weighted by Crippen LogP contribution is -2.77. The minimum atomic E-state index is -1.21. The fraction of sp³-hybridized carbons (Fsp3) is 0.727. The zero-order chi connectivity index (χ0) is 39.9. The van der Waals surface area contributed by atoms with E-state index in [9.17, 15) is 24.3 Å². The smallest absolute Gasteiger partial charge is 0.309 e. The van der Waals surface area contributed by atoms with Crippen molar-refractivity contribution in [3.8, 4) is 0 Å². The number of nitrogens with two attached hydrogens (primary N) is 1. The van der Waals surface area contributed by atoms with E-state index in [1.165, 1.54) is 11.9 Å². The maximum absolute atomic E-state index is 14.0. The van der Waals surface area contributed by atoms with Crippen LogP contribution in [-0.4, -0.2) is 50.3 Å². The molecule has 5 aliphatic carbocycles. The maximum atomic E-state index is 14.0. The van der Waals surface area contributed by atoms with Gasteiger partial charge in [-0.2, -0.15) is 0 Å². The monoisotopic (exact) mass is 744 g/mol. The molecule has 1 amide bonds. The van der Waals surface area contributed by atoms with Gasteiger partial charge in [0, 0.05) is 29.0 Å². The molecule has 5 aliphatic rings. The van der Waals surface area contributed by atoms with Crippen LogP contribution in [0.5, 0.6) is 0 Å². The second kappa shape index (κ2) is 13.4. The van der Waals surface area contributed by atoms with E-state index in [1.807, 2.05) is 6.92 Å². The van der Waals surface area contributed by atoms with E-state index in [0.29, 0.717) is 18.8 Å². The number of hydrogen-bond donors (Lipinski definition) is 3. The summed E-state index contributed by atoms with van der Waals surface area (Å²) in [5.74, 6) is -0.871. The van der Waals surface area contributed by atoms with Crippen LogP contribution in [0.3, 0.4) is 0 Å². The van der Waals surface area contributed by atoms with Crippen LogP contribution in [-0.2, 0) is 23.9 Å². The van der Waals surface area contributed by atoms with E-state index in [2.05, 4.69) is 69.8 Å². The van der Waals surface area contributed by atoms with Crippen LogP contribution >= 0.6 is 0 Å². The van der Waals surface area contributed by atoms with Crippen LogP contribution < -0.4 is 11.1 Å². The third-order valence-electron chi connectivity index (χ3n) is 16.3. The zero-order valence-corrected chi connectivity index (χ0v) is 34.3. The van der Waals surface area contributed by atoms with Crippen LogP contribution in [0.15, 0.2) is 41.9 Å². The number of carbonyl (C=O) groups is 4. The van der Waals surface area contributed by atoms with Crippen molar-refractivity contribution in [1.29, 1.82) is 0 Å². The van der Waals surface area contributed by atoms with Gasteiger partial charge >= 0.3 is 11.9 Å². The van der Waals surface area contributed by atoms with Crippen molar-refractivity contribution in [3.63, 3.8) is 0 Å². The number of fused-ring (bicyclic) bond motifs is 7. The molecule has 1 heterocycles. The minimum absolute atomic E-state index is 0.0560. The van der Waals surface area contributed by atoms with Crippen molar-refractivity contribution in [2.24, 2.45) is 56.0 Å². The Morgan fingerprint density at radius 2 is 1.69 bits per heavy atom. The molecule has 0 spiro atoms. The van der Waals surface area contributed by atoms with E-state index in [4.69, 9.17) is 10.5 Å². The lowest BCUT2D eigenvalue weighted by atomic mass is 9.31. The Morgan fingerprint density at radius 3 is 2.31 bits per heavy atom. The van der Waals surface area contributed by atoms with E-state index < -0.39 is 39.8 Å². The first-order valence-corrected chi connectivity index (χ1v) is 20.2. The Labute approximate surface area is 322 Å². The summed E-state index contributed by atoms with van der Waals surface area (Å²) in [6, 6.07) is 1.52. The fourth-order valence-electron chi connectivity index (χ4n) is 12.7. The molecule has 4 fully saturated rings. The molecule has 0 bridgehead atoms. The second-order valence-corrected chi connectivity index (χ2v) is 19.9. The Bertz CT molecular complexity index is 1770. The third kappa shape index (κ3) is 5.90. The summed E-state index contributed by atoms with van der Waals surface area (Å²) in [6.45, 7) is 20.9. The van der Waals surface area contributed by atoms with Crippen molar-refractivity contribution in [3.05, 3.63) is 47.6 Å². The number of carboxylic acid groups (broad SMARTS) is 1. The molecule has 1 aromatic heterocycles. The van der Waals surface area contributed by atoms with Crippen molar-refractivity contribution in [1.82, 2.24) is 15.3 Å². The normalized spacial score (nSPS) is 37.9. The number of nitrogens with zero attached hydrogens (tertiary/aromatic N) is 2. The predicted molar refractivity (Wildman–Crippen MR) is 207 cm³/mol. The quantitative estimate of drug-likeness (QED) is 0.170. The molecule has 54 heavy (non-hydrogen) atoms. The number of ether oxygens (including phenoxy) is 1. The Balaban J connectivity index is 1.29. The SMILES string of the molecule is CC(C)C1=C2[C@H]3CC[C@@H]4[C@@]5(C)CC[C@H](OC(=O)CC(C)(C)C(=O)O)C(C)(C)[C@]5(N)CC[C@@]4(C)[C@]3(C)CC[C@@]2(/C=C/C(=O)N[C@@H](C)c2ccncn2)CC1=O. The molecule has 6 rings (SSSR count). The Hall–Kier alpha value is -3.40. The average Bonchev–Trinajstić information content (AvgIpc) is 3.39. The first-order valence-electron chi connectivity index (χ1n) is 20.2. The van der Waals surface area contributed by atoms with Gasteiger partial charge in [0.2, 0.25) is 5.91 Å². The number of Topliss-reactive ketones (excluding diaryl/α,β-unsaturated/α-hetero) is 1. The molecule has 1 aromatic rings. The number of carbonyl (C=O) groups excluding carboxylic acids is 3. The summed E-state index contributed by atoms with van der Waals surface area (Å²) in [5, 5.41) is 12.7. The number of amides is 1. The highest BCUT2D eigenvalue weighted by atomic mass is 16.5. The molecular formula is C44H64N4O6. The van der Waals surface area contributed by atoms with Crippen LogP contribution in [0.2, 0.25) is 0 Å². The summed E-state index contributed by atoms with van der Waals surface area (Å²) in [4.78, 5) is 60.6. The number of aliphatic carboxylic acids is 1. The van der Waals surface area contributed by atoms with Gasteiger partial charge in [0.05, 0.1) is 23.6 Å². The van der Waals surface area contributed by atoms with Crippen LogP contribution in [0, 0.1) is 50.2 Å². The van der Waals surface area contributed by atoms with E-state index in [0.717, 1.165) is 56.2 Å². The highest BCUT2D eigenvalue weighted by molar-refractivity contribution is 6.01. The van der Waals surface area contributed by atoms with Crippen molar-refractivity contribution in [2.75, 3.05) is 0 Å². The standard InChI is InChI=1S/C44H64N4O6/c1-26(2)35-30(49)23-43(17-14-33(50)48-27(3)29-15-22-46-25-47-29)20-18-40(8)28(36(35)43)11-12-31-41(40,9)19-21-44(45)39(6,7)32(13-16-42(31,44)10)54-34(51)24-38(4,5)37(52)53/h14-15,17,22,25-28,31-32H,11-13,16,18-21,23-24,45H2,1-10H3,(H,48,50)(H,52,53)/b17-14+/t27-,28+,31-,32-,40+,41+,42+,43-,44+/m0/s1. The fourth-order valence-corrected chi connectivity index (χ4v) is 12.7. The number of ketones is 1. The average molecular weight is 745 g/mol. The summed E-state index contributed by atoms with van der Waals surface area (Å²) < 4.78 is 6.14. The predicted octanol–water partition coefficient (Wildman–Crippen LogP) is 7.68. The van der Waals surface area contributed by atoms with E-state index in [1.54, 1.807) is 32.2 Å². The van der Waals surface area contributed by atoms with Gasteiger partial charge in [-0.3, -0.25) is 19.2 Å². The van der Waals surface area contributed by atoms with Crippen LogP contribution in [0.25, 0.3) is 0 Å². The highest BCUT2D eigenvalue weighted by Crippen LogP contribution is 2.77. The first-order chi connectivity index (χ1) is 25.0. The second-order valence-electron chi connectivity index (χ2n) is 19.9. The van der Waals surface area contributed by atoms with Gasteiger partial charge in [-0.1, -0.05) is 54.5 Å². The number of aromatic nitrogens is 2. The number of rotatable bonds is 9. The van der Waals surface area contributed by atoms with Crippen molar-refractivity contribution < 1.29 is 29.0 Å². The highest BCUT2D eigenvalue weighted by Gasteiger charge is 2.73. The molecule has 4 saturated carbocycles. The molecule has 296 valence electrons. The van der Waals surface area contributed by atoms with Gasteiger partial charge in [0.25, 0.3) is 0 Å². The van der Waals surface area contributed by atoms with Gasteiger partial charge in [-0.15, -0.1) is 0 Å². The maximum Gasteiger partial charge on any atom is 0.309 e. The number of nitrogens with one attached hydrogen (secondary N) is 1. The largest absolute Gasteiger partial charge is 0.481 e. The minimum Gasteiger partial charge on any atom is -0.481 e. The number of esters is 1.